The van der Waals surface area contributed by atoms with Crippen molar-refractivity contribution in [2.75, 3.05) is 20.6 Å². The van der Waals surface area contributed by atoms with Gasteiger partial charge in [-0.1, -0.05) is 7.43 Å². The molecule has 0 heterocycles. The Morgan fingerprint density at radius 2 is 2.00 bits per heavy atom. The lowest BCUT2D eigenvalue weighted by molar-refractivity contribution is -0.460. The first kappa shape index (κ1) is 13.7. The largest absolute Gasteiger partial charge is 0.359 e. The summed E-state index contributed by atoms with van der Waals surface area (Å²) in [7, 11) is 4.04. The predicted molar refractivity (Wildman–Crippen MR) is 52.8 cm³/mol. The number of unbranched alkanes of at least 4 members (excludes halogenated alkanes) is 2. The smallest absolute Gasteiger partial charge is 0.207 e. The van der Waals surface area contributed by atoms with E-state index in [0.29, 0.717) is 0 Å². The molecule has 0 rings (SSSR count). The Bertz CT molecular complexity index is 128. The lowest BCUT2D eigenvalue weighted by Crippen LogP contribution is -2.11. The van der Waals surface area contributed by atoms with Crippen LogP contribution in [0.15, 0.2) is 0 Å². The van der Waals surface area contributed by atoms with Crippen molar-refractivity contribution in [2.24, 2.45) is 0 Å². The number of rotatable bonds is 6. The number of amides is 1. The molecular weight excluding hydrogens is 154 g/mol. The van der Waals surface area contributed by atoms with E-state index in [4.69, 9.17) is 0 Å². The van der Waals surface area contributed by atoms with Gasteiger partial charge in [-0.05, 0) is 12.8 Å². The maximum absolute atomic E-state index is 9.82. The maximum Gasteiger partial charge on any atom is 0.207 e. The number of carbonyl (C=O) groups is 1. The van der Waals surface area contributed by atoms with E-state index in [0.717, 1.165) is 32.2 Å². The second-order valence-electron chi connectivity index (χ2n) is 2.71. The van der Waals surface area contributed by atoms with Crippen LogP contribution >= 0.6 is 0 Å². The van der Waals surface area contributed by atoms with Crippen LogP contribution < -0.4 is 5.32 Å². The average Bonchev–Trinajstić information content (AvgIpc) is 1.96. The normalized spacial score (nSPS) is 8.17. The predicted octanol–water partition coefficient (Wildman–Crippen LogP) is 0.882. The van der Waals surface area contributed by atoms with Gasteiger partial charge >= 0.3 is 0 Å². The number of hydrogen-bond donors (Lipinski definition) is 1. The lowest BCUT2D eigenvalue weighted by Gasteiger charge is -1.94. The summed E-state index contributed by atoms with van der Waals surface area (Å²) in [6.07, 6.45) is 6.17. The molecule has 0 aliphatic heterocycles. The van der Waals surface area contributed by atoms with Crippen LogP contribution in [0.25, 0.3) is 0 Å². The van der Waals surface area contributed by atoms with Crippen molar-refractivity contribution in [3.8, 4) is 0 Å². The molecule has 0 radical (unpaired) electrons. The number of nitrogens with zero attached hydrogens (tertiary/aromatic N) is 1. The maximum atomic E-state index is 9.82. The van der Waals surface area contributed by atoms with Crippen molar-refractivity contribution in [1.82, 2.24) is 5.32 Å². The summed E-state index contributed by atoms with van der Waals surface area (Å²) in [6, 6.07) is 0. The van der Waals surface area contributed by atoms with Crippen molar-refractivity contribution in [1.29, 1.82) is 0 Å². The molecular formula is C9H21N2O+. The average molecular weight is 175 g/mol. The molecule has 0 aromatic heterocycles. The highest BCUT2D eigenvalue weighted by molar-refractivity contribution is 5.50. The second kappa shape index (κ2) is 10.1. The van der Waals surface area contributed by atoms with Gasteiger partial charge in [-0.15, -0.1) is 0 Å². The Hall–Kier alpha value is -0.860. The minimum absolute atomic E-state index is 0. The summed E-state index contributed by atoms with van der Waals surface area (Å²) in [5.41, 5.74) is 0. The molecule has 0 spiro atoms. The molecule has 0 bridgehead atoms. The first-order valence-corrected chi connectivity index (χ1v) is 3.94. The zero-order valence-corrected chi connectivity index (χ0v) is 7.34. The molecule has 0 aromatic carbocycles. The Morgan fingerprint density at radius 1 is 1.33 bits per heavy atom. The zero-order chi connectivity index (χ0) is 8.53. The van der Waals surface area contributed by atoms with E-state index in [2.05, 4.69) is 11.5 Å². The third-order valence-electron chi connectivity index (χ3n) is 1.35. The molecule has 72 valence electrons. The van der Waals surface area contributed by atoms with Crippen molar-refractivity contribution in [3.05, 3.63) is 0 Å². The summed E-state index contributed by atoms with van der Waals surface area (Å²) >= 11 is 0. The fourth-order valence-corrected chi connectivity index (χ4v) is 0.780. The fourth-order valence-electron chi connectivity index (χ4n) is 0.780. The molecule has 1 N–H and O–H groups in total. The van der Waals surface area contributed by atoms with Gasteiger partial charge in [-0.3, -0.25) is 4.79 Å². The molecule has 1 amide bonds. The standard InChI is InChI=1S/C8H16N2O.CH4/c1-10(2)7-5-3-4-6-9-8-11;/h7-8H,3-6H2,1-2H3;1H4/p+1/i8+1;1+1. The van der Waals surface area contributed by atoms with Crippen LogP contribution in [0, 0.1) is 0 Å². The minimum Gasteiger partial charge on any atom is -0.359 e. The summed E-state index contributed by atoms with van der Waals surface area (Å²) < 4.78 is 2.05. The van der Waals surface area contributed by atoms with E-state index in [1.165, 1.54) is 0 Å². The fraction of sp³-hybridized carbons (Fsp3) is 0.778. The molecule has 0 fully saturated rings. The Morgan fingerprint density at radius 3 is 2.50 bits per heavy atom. The van der Waals surface area contributed by atoms with E-state index in [9.17, 15) is 4.79 Å². The van der Waals surface area contributed by atoms with Gasteiger partial charge in [-0.2, -0.15) is 0 Å². The number of nitrogens with one attached hydrogen (secondary N) is 1. The molecule has 3 heteroatoms. The van der Waals surface area contributed by atoms with Crippen molar-refractivity contribution < 1.29 is 9.37 Å². The van der Waals surface area contributed by atoms with E-state index in [1.807, 2.05) is 18.7 Å². The van der Waals surface area contributed by atoms with Crippen molar-refractivity contribution in [2.45, 2.75) is 26.7 Å². The zero-order valence-electron chi connectivity index (χ0n) is 7.34. The van der Waals surface area contributed by atoms with Crippen LogP contribution in [0.1, 0.15) is 26.7 Å². The summed E-state index contributed by atoms with van der Waals surface area (Å²) in [5.74, 6) is 0. The third-order valence-corrected chi connectivity index (χ3v) is 1.35. The van der Waals surface area contributed by atoms with Crippen molar-refractivity contribution >= 4 is 12.6 Å². The van der Waals surface area contributed by atoms with Gasteiger partial charge in [0.15, 0.2) is 0 Å². The van der Waals surface area contributed by atoms with E-state index in [-0.39, 0.29) is 7.43 Å². The topological polar surface area (TPSA) is 32.1 Å². The molecule has 0 aromatic rings. The number of hydrogen-bond acceptors (Lipinski definition) is 1. The molecule has 0 saturated heterocycles. The molecule has 0 aliphatic rings. The Labute approximate surface area is 75.5 Å². The minimum atomic E-state index is 0. The number of carbonyl (C=O) groups excluding carboxylic acids is 1. The van der Waals surface area contributed by atoms with Crippen molar-refractivity contribution in [3.63, 3.8) is 0 Å². The van der Waals surface area contributed by atoms with Gasteiger partial charge in [0.25, 0.3) is 0 Å². The Balaban J connectivity index is 0. The highest BCUT2D eigenvalue weighted by atomic mass is 16.2. The molecule has 0 atom stereocenters. The first-order valence-electron chi connectivity index (χ1n) is 3.94. The first-order chi connectivity index (χ1) is 5.27. The van der Waals surface area contributed by atoms with Crippen LogP contribution in [0.2, 0.25) is 0 Å². The third kappa shape index (κ3) is 11.9. The van der Waals surface area contributed by atoms with E-state index >= 15 is 0 Å². The van der Waals surface area contributed by atoms with Crippen LogP contribution in [-0.4, -0.2) is 37.8 Å². The van der Waals surface area contributed by atoms with Gasteiger partial charge in [0.1, 0.15) is 20.3 Å². The molecule has 3 nitrogen and oxygen atoms in total. The van der Waals surface area contributed by atoms with Gasteiger partial charge in [0.2, 0.25) is 6.41 Å². The van der Waals surface area contributed by atoms with Gasteiger partial charge in [0, 0.05) is 13.0 Å². The molecule has 0 aliphatic carbocycles. The summed E-state index contributed by atoms with van der Waals surface area (Å²) in [5, 5.41) is 2.63. The SMILES string of the molecule is C[N+](C)=CCCCCN[13CH]=O.[13CH4]. The van der Waals surface area contributed by atoms with Crippen LogP contribution in [0.3, 0.4) is 0 Å². The molecule has 0 saturated carbocycles. The van der Waals surface area contributed by atoms with Crippen LogP contribution in [0.4, 0.5) is 0 Å². The molecule has 12 heavy (non-hydrogen) atoms. The summed E-state index contributed by atoms with van der Waals surface area (Å²) in [6.45, 7) is 0.796. The second-order valence-corrected chi connectivity index (χ2v) is 2.71. The van der Waals surface area contributed by atoms with Crippen LogP contribution in [-0.2, 0) is 4.79 Å². The highest BCUT2D eigenvalue weighted by Crippen LogP contribution is 1.89. The van der Waals surface area contributed by atoms with E-state index in [1.54, 1.807) is 0 Å². The quantitative estimate of drug-likeness (QED) is 0.210. The highest BCUT2D eigenvalue weighted by Gasteiger charge is 1.88. The Kier molecular flexibility index (Phi) is 11.6. The van der Waals surface area contributed by atoms with Gasteiger partial charge in [-0.25, -0.2) is 4.58 Å². The monoisotopic (exact) mass is 175 g/mol. The van der Waals surface area contributed by atoms with Gasteiger partial charge in [0.05, 0.1) is 0 Å². The molecule has 0 unspecified atom stereocenters. The lowest BCUT2D eigenvalue weighted by atomic mass is 10.2. The van der Waals surface area contributed by atoms with Crippen LogP contribution in [0.5, 0.6) is 0 Å². The van der Waals surface area contributed by atoms with E-state index < -0.39 is 0 Å². The van der Waals surface area contributed by atoms with Gasteiger partial charge < -0.3 is 5.32 Å². The summed E-state index contributed by atoms with van der Waals surface area (Å²) in [4.78, 5) is 9.82.